The first-order chi connectivity index (χ1) is 7.33. The van der Waals surface area contributed by atoms with E-state index in [4.69, 9.17) is 11.6 Å². The van der Waals surface area contributed by atoms with Gasteiger partial charge in [0.15, 0.2) is 0 Å². The molecule has 0 aliphatic heterocycles. The minimum Gasteiger partial charge on any atom is -0.308 e. The molecular formula is C10H11ClN4. The van der Waals surface area contributed by atoms with Crippen LogP contribution in [-0.4, -0.2) is 19.7 Å². The summed E-state index contributed by atoms with van der Waals surface area (Å²) in [5.41, 5.74) is 0.976. The number of aromatic nitrogens is 4. The van der Waals surface area contributed by atoms with Crippen molar-refractivity contribution in [3.63, 3.8) is 0 Å². The van der Waals surface area contributed by atoms with E-state index in [1.807, 2.05) is 29.7 Å². The fourth-order valence-electron chi connectivity index (χ4n) is 1.45. The number of alkyl halides is 1. The lowest BCUT2D eigenvalue weighted by Crippen LogP contribution is -2.10. The minimum absolute atomic E-state index is 0.106. The Morgan fingerprint density at radius 2 is 2.33 bits per heavy atom. The van der Waals surface area contributed by atoms with Gasteiger partial charge in [-0.2, -0.15) is 0 Å². The number of halogens is 1. The molecule has 0 aliphatic carbocycles. The van der Waals surface area contributed by atoms with E-state index < -0.39 is 0 Å². The molecule has 0 aliphatic rings. The van der Waals surface area contributed by atoms with E-state index in [0.29, 0.717) is 5.88 Å². The van der Waals surface area contributed by atoms with Gasteiger partial charge < -0.3 is 4.57 Å². The van der Waals surface area contributed by atoms with Crippen LogP contribution in [0.4, 0.5) is 0 Å². The summed E-state index contributed by atoms with van der Waals surface area (Å²) in [7, 11) is 0. The number of hydrogen-bond donors (Lipinski definition) is 0. The van der Waals surface area contributed by atoms with Gasteiger partial charge in [0, 0.05) is 6.20 Å². The normalized spacial score (nSPS) is 12.7. The molecule has 15 heavy (non-hydrogen) atoms. The molecule has 0 saturated carbocycles. The van der Waals surface area contributed by atoms with Crippen LogP contribution in [-0.2, 0) is 5.88 Å². The zero-order chi connectivity index (χ0) is 10.7. The molecule has 1 atom stereocenters. The standard InChI is InChI=1S/C10H11ClN4/c1-8(9-4-2-3-5-12-9)15-7-13-14-10(15)6-11/h2-5,7-8H,6H2,1H3. The van der Waals surface area contributed by atoms with Gasteiger partial charge in [-0.25, -0.2) is 0 Å². The van der Waals surface area contributed by atoms with Crippen LogP contribution in [0.1, 0.15) is 24.5 Å². The monoisotopic (exact) mass is 222 g/mol. The van der Waals surface area contributed by atoms with Crippen molar-refractivity contribution in [3.8, 4) is 0 Å². The van der Waals surface area contributed by atoms with Gasteiger partial charge in [-0.15, -0.1) is 21.8 Å². The number of pyridine rings is 1. The lowest BCUT2D eigenvalue weighted by Gasteiger charge is -2.13. The second-order valence-electron chi connectivity index (χ2n) is 3.22. The summed E-state index contributed by atoms with van der Waals surface area (Å²) >= 11 is 5.76. The molecule has 2 aromatic rings. The largest absolute Gasteiger partial charge is 0.308 e. The Morgan fingerprint density at radius 1 is 1.47 bits per heavy atom. The van der Waals surface area contributed by atoms with E-state index in [0.717, 1.165) is 11.5 Å². The fourth-order valence-corrected chi connectivity index (χ4v) is 1.64. The van der Waals surface area contributed by atoms with Crippen molar-refractivity contribution >= 4 is 11.6 Å². The highest BCUT2D eigenvalue weighted by molar-refractivity contribution is 6.16. The molecule has 2 aromatic heterocycles. The molecule has 2 rings (SSSR count). The van der Waals surface area contributed by atoms with E-state index in [9.17, 15) is 0 Å². The van der Waals surface area contributed by atoms with E-state index in [1.54, 1.807) is 12.5 Å². The van der Waals surface area contributed by atoms with Crippen molar-refractivity contribution in [3.05, 3.63) is 42.2 Å². The molecule has 0 radical (unpaired) electrons. The van der Waals surface area contributed by atoms with Crippen molar-refractivity contribution in [2.75, 3.05) is 0 Å². The third-order valence-corrected chi connectivity index (χ3v) is 2.54. The first-order valence-electron chi connectivity index (χ1n) is 4.68. The maximum Gasteiger partial charge on any atom is 0.148 e. The Hall–Kier alpha value is -1.42. The van der Waals surface area contributed by atoms with E-state index >= 15 is 0 Å². The zero-order valence-electron chi connectivity index (χ0n) is 8.34. The van der Waals surface area contributed by atoms with E-state index in [1.165, 1.54) is 0 Å². The van der Waals surface area contributed by atoms with Crippen LogP contribution in [0.2, 0.25) is 0 Å². The highest BCUT2D eigenvalue weighted by Gasteiger charge is 2.12. The average Bonchev–Trinajstić information content (AvgIpc) is 2.77. The number of rotatable bonds is 3. The van der Waals surface area contributed by atoms with Crippen LogP contribution in [0.5, 0.6) is 0 Å². The molecule has 0 N–H and O–H groups in total. The first kappa shape index (κ1) is 10.1. The van der Waals surface area contributed by atoms with Crippen molar-refractivity contribution in [2.24, 2.45) is 0 Å². The predicted octanol–water partition coefficient (Wildman–Crippen LogP) is 2.02. The molecule has 0 spiro atoms. The van der Waals surface area contributed by atoms with Crippen molar-refractivity contribution in [1.29, 1.82) is 0 Å². The van der Waals surface area contributed by atoms with Gasteiger partial charge in [-0.1, -0.05) is 6.07 Å². The van der Waals surface area contributed by atoms with Crippen LogP contribution < -0.4 is 0 Å². The Bertz CT molecular complexity index is 426. The molecule has 0 fully saturated rings. The van der Waals surface area contributed by atoms with Gasteiger partial charge in [-0.05, 0) is 19.1 Å². The highest BCUT2D eigenvalue weighted by atomic mass is 35.5. The molecule has 5 heteroatoms. The molecule has 78 valence electrons. The minimum atomic E-state index is 0.106. The van der Waals surface area contributed by atoms with Crippen molar-refractivity contribution in [2.45, 2.75) is 18.8 Å². The summed E-state index contributed by atoms with van der Waals surface area (Å²) in [6.45, 7) is 2.04. The number of nitrogens with zero attached hydrogens (tertiary/aromatic N) is 4. The summed E-state index contributed by atoms with van der Waals surface area (Å²) in [6.07, 6.45) is 3.45. The van der Waals surface area contributed by atoms with Crippen LogP contribution in [0.25, 0.3) is 0 Å². The van der Waals surface area contributed by atoms with Gasteiger partial charge in [0.2, 0.25) is 0 Å². The third-order valence-electron chi connectivity index (χ3n) is 2.30. The van der Waals surface area contributed by atoms with Gasteiger partial charge in [0.25, 0.3) is 0 Å². The maximum absolute atomic E-state index is 5.76. The zero-order valence-corrected chi connectivity index (χ0v) is 9.09. The first-order valence-corrected chi connectivity index (χ1v) is 5.21. The fraction of sp³-hybridized carbons (Fsp3) is 0.300. The smallest absolute Gasteiger partial charge is 0.148 e. The molecule has 0 bridgehead atoms. The molecule has 0 aromatic carbocycles. The number of hydrogen-bond acceptors (Lipinski definition) is 3. The summed E-state index contributed by atoms with van der Waals surface area (Å²) in [6, 6.07) is 5.94. The Balaban J connectivity index is 2.32. The Kier molecular flexibility index (Phi) is 2.97. The van der Waals surface area contributed by atoms with Crippen molar-refractivity contribution in [1.82, 2.24) is 19.7 Å². The quantitative estimate of drug-likeness (QED) is 0.747. The molecule has 0 saturated heterocycles. The molecule has 1 unspecified atom stereocenters. The van der Waals surface area contributed by atoms with Gasteiger partial charge in [-0.3, -0.25) is 4.98 Å². The average molecular weight is 223 g/mol. The second kappa shape index (κ2) is 4.40. The van der Waals surface area contributed by atoms with Gasteiger partial charge in [0.1, 0.15) is 12.2 Å². The van der Waals surface area contributed by atoms with Gasteiger partial charge >= 0.3 is 0 Å². The topological polar surface area (TPSA) is 43.6 Å². The van der Waals surface area contributed by atoms with E-state index in [-0.39, 0.29) is 6.04 Å². The highest BCUT2D eigenvalue weighted by Crippen LogP contribution is 2.16. The maximum atomic E-state index is 5.76. The SMILES string of the molecule is CC(c1ccccn1)n1cnnc1CCl. The van der Waals surface area contributed by atoms with Crippen LogP contribution in [0, 0.1) is 0 Å². The van der Waals surface area contributed by atoms with Crippen LogP contribution >= 0.6 is 11.6 Å². The van der Waals surface area contributed by atoms with Crippen LogP contribution in [0.3, 0.4) is 0 Å². The summed E-state index contributed by atoms with van der Waals surface area (Å²) in [5, 5.41) is 7.77. The molecule has 0 amide bonds. The Labute approximate surface area is 92.9 Å². The summed E-state index contributed by atoms with van der Waals surface area (Å²) in [4.78, 5) is 4.29. The summed E-state index contributed by atoms with van der Waals surface area (Å²) < 4.78 is 1.93. The second-order valence-corrected chi connectivity index (χ2v) is 3.49. The molecule has 2 heterocycles. The molecular weight excluding hydrogens is 212 g/mol. The lowest BCUT2D eigenvalue weighted by molar-refractivity contribution is 0.598. The third kappa shape index (κ3) is 1.99. The summed E-state index contributed by atoms with van der Waals surface area (Å²) in [5.74, 6) is 1.12. The lowest BCUT2D eigenvalue weighted by atomic mass is 10.2. The Morgan fingerprint density at radius 3 is 3.00 bits per heavy atom. The molecule has 4 nitrogen and oxygen atoms in total. The van der Waals surface area contributed by atoms with Gasteiger partial charge in [0.05, 0.1) is 17.6 Å². The predicted molar refractivity (Wildman–Crippen MR) is 57.6 cm³/mol. The van der Waals surface area contributed by atoms with Crippen LogP contribution in [0.15, 0.2) is 30.7 Å². The van der Waals surface area contributed by atoms with E-state index in [2.05, 4.69) is 15.2 Å². The van der Waals surface area contributed by atoms with Crippen molar-refractivity contribution < 1.29 is 0 Å².